The number of methoxy groups -OCH3 is 1. The molecule has 0 N–H and O–H groups in total. The molecule has 0 unspecified atom stereocenters. The Morgan fingerprint density at radius 1 is 1.26 bits per heavy atom. The van der Waals surface area contributed by atoms with Crippen molar-refractivity contribution in [1.82, 2.24) is 4.98 Å². The topological polar surface area (TPSA) is 95.5 Å². The van der Waals surface area contributed by atoms with E-state index in [1.54, 1.807) is 24.3 Å². The molecule has 0 saturated heterocycles. The molecule has 0 fully saturated rings. The third-order valence-electron chi connectivity index (χ3n) is 3.36. The van der Waals surface area contributed by atoms with Crippen LogP contribution in [0.15, 0.2) is 46.9 Å². The van der Waals surface area contributed by atoms with Gasteiger partial charge in [-0.3, -0.25) is 10.1 Å². The number of oxazole rings is 1. The van der Waals surface area contributed by atoms with Crippen LogP contribution in [0.25, 0.3) is 11.1 Å². The Balaban J connectivity index is 1.83. The average molecular weight is 312 g/mol. The molecule has 0 aliphatic heterocycles. The molecule has 3 aromatic rings. The largest absolute Gasteiger partial charge is 0.465 e. The first-order valence-corrected chi connectivity index (χ1v) is 6.78. The van der Waals surface area contributed by atoms with Crippen molar-refractivity contribution in [1.29, 1.82) is 0 Å². The Morgan fingerprint density at radius 2 is 2.00 bits per heavy atom. The van der Waals surface area contributed by atoms with Gasteiger partial charge in [-0.05, 0) is 23.8 Å². The van der Waals surface area contributed by atoms with Gasteiger partial charge in [0.25, 0.3) is 5.69 Å². The number of aromatic nitrogens is 1. The van der Waals surface area contributed by atoms with E-state index in [1.165, 1.54) is 25.3 Å². The summed E-state index contributed by atoms with van der Waals surface area (Å²) in [7, 11) is 1.33. The van der Waals surface area contributed by atoms with Crippen molar-refractivity contribution in [2.24, 2.45) is 0 Å². The second kappa shape index (κ2) is 5.88. The number of non-ortho nitro benzene ring substituents is 1. The summed E-state index contributed by atoms with van der Waals surface area (Å²) in [6, 6.07) is 11.2. The van der Waals surface area contributed by atoms with Gasteiger partial charge in [-0.15, -0.1) is 0 Å². The fourth-order valence-electron chi connectivity index (χ4n) is 2.20. The number of nitrogens with zero attached hydrogens (tertiary/aromatic N) is 2. The first kappa shape index (κ1) is 14.7. The lowest BCUT2D eigenvalue weighted by molar-refractivity contribution is -0.384. The molecule has 1 heterocycles. The van der Waals surface area contributed by atoms with Crippen molar-refractivity contribution in [3.8, 4) is 0 Å². The summed E-state index contributed by atoms with van der Waals surface area (Å²) < 4.78 is 10.2. The highest BCUT2D eigenvalue weighted by Gasteiger charge is 2.12. The van der Waals surface area contributed by atoms with Gasteiger partial charge in [0.2, 0.25) is 0 Å². The Bertz CT molecular complexity index is 883. The van der Waals surface area contributed by atoms with Crippen LogP contribution in [-0.2, 0) is 11.2 Å². The molecular weight excluding hydrogens is 300 g/mol. The summed E-state index contributed by atoms with van der Waals surface area (Å²) in [6.07, 6.45) is 0.421. The van der Waals surface area contributed by atoms with Crippen LogP contribution in [-0.4, -0.2) is 23.0 Å². The van der Waals surface area contributed by atoms with Crippen LogP contribution in [0.4, 0.5) is 5.69 Å². The molecule has 116 valence electrons. The molecular formula is C16H12N2O5. The van der Waals surface area contributed by atoms with Crippen molar-refractivity contribution in [3.63, 3.8) is 0 Å². The maximum Gasteiger partial charge on any atom is 0.337 e. The van der Waals surface area contributed by atoms with Crippen LogP contribution >= 0.6 is 0 Å². The van der Waals surface area contributed by atoms with Crippen molar-refractivity contribution in [2.45, 2.75) is 6.42 Å². The molecule has 0 atom stereocenters. The van der Waals surface area contributed by atoms with Gasteiger partial charge in [0.15, 0.2) is 11.5 Å². The number of fused-ring (bicyclic) bond motifs is 1. The lowest BCUT2D eigenvalue weighted by atomic mass is 10.1. The predicted octanol–water partition coefficient (Wildman–Crippen LogP) is 3.11. The van der Waals surface area contributed by atoms with E-state index in [1.807, 2.05) is 0 Å². The molecule has 0 radical (unpaired) electrons. The Kier molecular flexibility index (Phi) is 3.76. The van der Waals surface area contributed by atoms with E-state index >= 15 is 0 Å². The number of rotatable bonds is 4. The van der Waals surface area contributed by atoms with E-state index in [-0.39, 0.29) is 5.69 Å². The second-order valence-corrected chi connectivity index (χ2v) is 4.88. The van der Waals surface area contributed by atoms with E-state index < -0.39 is 10.9 Å². The molecule has 0 aliphatic carbocycles. The summed E-state index contributed by atoms with van der Waals surface area (Å²) >= 11 is 0. The predicted molar refractivity (Wildman–Crippen MR) is 81.3 cm³/mol. The molecule has 3 rings (SSSR count). The van der Waals surface area contributed by atoms with Crippen LogP contribution in [0, 0.1) is 10.1 Å². The quantitative estimate of drug-likeness (QED) is 0.417. The lowest BCUT2D eigenvalue weighted by Crippen LogP contribution is -2.01. The first-order valence-electron chi connectivity index (χ1n) is 6.78. The number of carbonyl (C=O) groups excluding carboxylic acids is 1. The minimum Gasteiger partial charge on any atom is -0.465 e. The zero-order valence-corrected chi connectivity index (χ0v) is 12.2. The maximum absolute atomic E-state index is 11.4. The second-order valence-electron chi connectivity index (χ2n) is 4.88. The van der Waals surface area contributed by atoms with Crippen molar-refractivity contribution >= 4 is 22.8 Å². The summed E-state index contributed by atoms with van der Waals surface area (Å²) in [5.41, 5.74) is 2.28. The minimum atomic E-state index is -0.473. The van der Waals surface area contributed by atoms with Gasteiger partial charge in [0.05, 0.1) is 17.6 Å². The van der Waals surface area contributed by atoms with Gasteiger partial charge in [-0.1, -0.05) is 12.1 Å². The SMILES string of the molecule is COC(=O)c1ccc(Cc2nc3cc([N+](=O)[O-])ccc3o2)cc1. The van der Waals surface area contributed by atoms with Gasteiger partial charge < -0.3 is 9.15 Å². The van der Waals surface area contributed by atoms with Gasteiger partial charge in [0.1, 0.15) is 5.52 Å². The number of esters is 1. The summed E-state index contributed by atoms with van der Waals surface area (Å²) in [5.74, 6) is 0.0528. The van der Waals surface area contributed by atoms with E-state index in [9.17, 15) is 14.9 Å². The van der Waals surface area contributed by atoms with E-state index in [0.29, 0.717) is 29.0 Å². The lowest BCUT2D eigenvalue weighted by Gasteiger charge is -2.00. The van der Waals surface area contributed by atoms with Crippen LogP contribution in [0.2, 0.25) is 0 Å². The number of hydrogen-bond donors (Lipinski definition) is 0. The molecule has 0 aliphatic rings. The number of nitro benzene ring substituents is 1. The maximum atomic E-state index is 11.4. The monoisotopic (exact) mass is 312 g/mol. The van der Waals surface area contributed by atoms with Gasteiger partial charge in [0, 0.05) is 18.6 Å². The van der Waals surface area contributed by atoms with Crippen LogP contribution in [0.3, 0.4) is 0 Å². The third kappa shape index (κ3) is 3.03. The summed E-state index contributed by atoms with van der Waals surface area (Å²) in [4.78, 5) is 25.9. The molecule has 7 nitrogen and oxygen atoms in total. The molecule has 0 saturated carbocycles. The summed E-state index contributed by atoms with van der Waals surface area (Å²) in [6.45, 7) is 0. The molecule has 23 heavy (non-hydrogen) atoms. The molecule has 0 bridgehead atoms. The Labute approximate surface area is 130 Å². The smallest absolute Gasteiger partial charge is 0.337 e. The first-order chi connectivity index (χ1) is 11.1. The molecule has 0 spiro atoms. The van der Waals surface area contributed by atoms with E-state index in [2.05, 4.69) is 9.72 Å². The highest BCUT2D eigenvalue weighted by Crippen LogP contribution is 2.22. The molecule has 0 amide bonds. The van der Waals surface area contributed by atoms with Crippen molar-refractivity contribution < 1.29 is 18.9 Å². The Morgan fingerprint density at radius 3 is 2.65 bits per heavy atom. The fourth-order valence-corrected chi connectivity index (χ4v) is 2.20. The van der Waals surface area contributed by atoms with E-state index in [0.717, 1.165) is 5.56 Å². The number of nitro groups is 1. The van der Waals surface area contributed by atoms with E-state index in [4.69, 9.17) is 4.42 Å². The third-order valence-corrected chi connectivity index (χ3v) is 3.36. The number of ether oxygens (including phenoxy) is 1. The van der Waals surface area contributed by atoms with Crippen LogP contribution in [0.1, 0.15) is 21.8 Å². The number of benzene rings is 2. The average Bonchev–Trinajstić information content (AvgIpc) is 2.96. The van der Waals surface area contributed by atoms with Gasteiger partial charge >= 0.3 is 5.97 Å². The minimum absolute atomic E-state index is 0.0280. The van der Waals surface area contributed by atoms with Gasteiger partial charge in [-0.25, -0.2) is 9.78 Å². The highest BCUT2D eigenvalue weighted by atomic mass is 16.6. The fraction of sp³-hybridized carbons (Fsp3) is 0.125. The normalized spacial score (nSPS) is 10.7. The zero-order valence-electron chi connectivity index (χ0n) is 12.2. The molecule has 1 aromatic heterocycles. The van der Waals surface area contributed by atoms with Crippen LogP contribution < -0.4 is 0 Å². The number of hydrogen-bond acceptors (Lipinski definition) is 6. The number of carbonyl (C=O) groups is 1. The van der Waals surface area contributed by atoms with Crippen molar-refractivity contribution in [3.05, 3.63) is 69.6 Å². The van der Waals surface area contributed by atoms with Crippen LogP contribution in [0.5, 0.6) is 0 Å². The van der Waals surface area contributed by atoms with Gasteiger partial charge in [-0.2, -0.15) is 0 Å². The molecule has 7 heteroatoms. The summed E-state index contributed by atoms with van der Waals surface area (Å²) in [5, 5.41) is 10.8. The standard InChI is InChI=1S/C16H12N2O5/c1-22-16(19)11-4-2-10(3-5-11)8-15-17-13-9-12(18(20)21)6-7-14(13)23-15/h2-7,9H,8H2,1H3. The van der Waals surface area contributed by atoms with Crippen molar-refractivity contribution in [2.75, 3.05) is 7.11 Å². The highest BCUT2D eigenvalue weighted by molar-refractivity contribution is 5.89. The molecule has 2 aromatic carbocycles. The zero-order chi connectivity index (χ0) is 16.4. The Hall–Kier alpha value is -3.22.